The van der Waals surface area contributed by atoms with Crippen LogP contribution in [0, 0.1) is 5.92 Å². The van der Waals surface area contributed by atoms with Gasteiger partial charge in [0.2, 0.25) is 5.91 Å². The van der Waals surface area contributed by atoms with E-state index in [-0.39, 0.29) is 29.9 Å². The quantitative estimate of drug-likeness (QED) is 0.358. The number of carbonyl (C=O) groups is 1. The number of likely N-dealkylation sites (tertiary alicyclic amines) is 2. The first-order valence-electron chi connectivity index (χ1n) is 9.52. The van der Waals surface area contributed by atoms with Crippen molar-refractivity contribution in [2.45, 2.75) is 58.5 Å². The number of aliphatic imine (C=N–C) groups is 1. The summed E-state index contributed by atoms with van der Waals surface area (Å²) in [4.78, 5) is 20.7. The Morgan fingerprint density at radius 2 is 2.04 bits per heavy atom. The second-order valence-electron chi connectivity index (χ2n) is 7.46. The van der Waals surface area contributed by atoms with Crippen molar-refractivity contribution in [2.75, 3.05) is 39.8 Å². The molecular weight excluding hydrogens is 429 g/mol. The van der Waals surface area contributed by atoms with Crippen LogP contribution in [0.5, 0.6) is 0 Å². The number of hydrogen-bond acceptors (Lipinski definition) is 3. The van der Waals surface area contributed by atoms with Crippen LogP contribution in [0.1, 0.15) is 46.5 Å². The van der Waals surface area contributed by atoms with Gasteiger partial charge in [0.15, 0.2) is 5.96 Å². The van der Waals surface area contributed by atoms with E-state index in [1.165, 1.54) is 25.9 Å². The van der Waals surface area contributed by atoms with E-state index in [1.807, 2.05) is 18.9 Å². The normalized spacial score (nSPS) is 24.5. The van der Waals surface area contributed by atoms with Crippen molar-refractivity contribution in [2.24, 2.45) is 10.9 Å². The first kappa shape index (κ1) is 22.5. The molecule has 7 heteroatoms. The molecule has 0 spiro atoms. The van der Waals surface area contributed by atoms with Gasteiger partial charge in [-0.05, 0) is 31.7 Å². The predicted octanol–water partition coefficient (Wildman–Crippen LogP) is 1.90. The minimum Gasteiger partial charge on any atom is -0.355 e. The Hall–Kier alpha value is -0.570. The highest BCUT2D eigenvalue weighted by atomic mass is 127. The Morgan fingerprint density at radius 1 is 1.28 bits per heavy atom. The fraction of sp³-hybridized carbons (Fsp3) is 0.889. The lowest BCUT2D eigenvalue weighted by Crippen LogP contribution is -2.49. The van der Waals surface area contributed by atoms with Crippen molar-refractivity contribution < 1.29 is 4.79 Å². The zero-order valence-electron chi connectivity index (χ0n) is 16.3. The third-order valence-electron chi connectivity index (χ3n) is 5.01. The first-order chi connectivity index (χ1) is 11.5. The summed E-state index contributed by atoms with van der Waals surface area (Å²) >= 11 is 0. The fourth-order valence-electron chi connectivity index (χ4n) is 3.77. The molecule has 0 aromatic carbocycles. The third kappa shape index (κ3) is 6.92. The molecule has 0 saturated carbocycles. The SMILES string of the molecule is CCC(=O)N1CCC(NC(=NC)NC[C@H]2CCCN2CC(C)C)C1.I. The van der Waals surface area contributed by atoms with Gasteiger partial charge in [0.05, 0.1) is 0 Å². The van der Waals surface area contributed by atoms with Gasteiger partial charge in [0, 0.05) is 51.7 Å². The summed E-state index contributed by atoms with van der Waals surface area (Å²) in [5.41, 5.74) is 0. The van der Waals surface area contributed by atoms with E-state index in [2.05, 4.69) is 34.4 Å². The third-order valence-corrected chi connectivity index (χ3v) is 5.01. The van der Waals surface area contributed by atoms with Gasteiger partial charge in [0.25, 0.3) is 0 Å². The number of halogens is 1. The van der Waals surface area contributed by atoms with Crippen LogP contribution in [0.25, 0.3) is 0 Å². The molecule has 146 valence electrons. The molecule has 0 aromatic rings. The molecular formula is C18H36IN5O. The lowest BCUT2D eigenvalue weighted by Gasteiger charge is -2.27. The Balaban J connectivity index is 0.00000312. The smallest absolute Gasteiger partial charge is 0.222 e. The van der Waals surface area contributed by atoms with Gasteiger partial charge in [-0.15, -0.1) is 24.0 Å². The van der Waals surface area contributed by atoms with Crippen molar-refractivity contribution in [1.29, 1.82) is 0 Å². The molecule has 1 unspecified atom stereocenters. The molecule has 2 heterocycles. The van der Waals surface area contributed by atoms with Crippen molar-refractivity contribution >= 4 is 35.8 Å². The number of rotatable bonds is 6. The summed E-state index contributed by atoms with van der Waals surface area (Å²) < 4.78 is 0. The van der Waals surface area contributed by atoms with Crippen LogP contribution < -0.4 is 10.6 Å². The minimum absolute atomic E-state index is 0. The summed E-state index contributed by atoms with van der Waals surface area (Å²) in [6.07, 6.45) is 4.14. The highest BCUT2D eigenvalue weighted by Gasteiger charge is 2.27. The number of carbonyl (C=O) groups excluding carboxylic acids is 1. The summed E-state index contributed by atoms with van der Waals surface area (Å²) in [7, 11) is 1.82. The Bertz CT molecular complexity index is 443. The van der Waals surface area contributed by atoms with E-state index in [4.69, 9.17) is 0 Å². The number of hydrogen-bond donors (Lipinski definition) is 2. The molecule has 0 aliphatic carbocycles. The summed E-state index contributed by atoms with van der Waals surface area (Å²) in [5, 5.41) is 6.97. The second-order valence-corrected chi connectivity index (χ2v) is 7.46. The van der Waals surface area contributed by atoms with Crippen LogP contribution >= 0.6 is 24.0 Å². The van der Waals surface area contributed by atoms with Crippen LogP contribution in [0.2, 0.25) is 0 Å². The van der Waals surface area contributed by atoms with Crippen LogP contribution in [0.15, 0.2) is 4.99 Å². The molecule has 1 amide bonds. The van der Waals surface area contributed by atoms with Crippen molar-refractivity contribution in [3.8, 4) is 0 Å². The topological polar surface area (TPSA) is 60.0 Å². The van der Waals surface area contributed by atoms with Gasteiger partial charge in [-0.3, -0.25) is 14.7 Å². The van der Waals surface area contributed by atoms with Gasteiger partial charge in [-0.2, -0.15) is 0 Å². The van der Waals surface area contributed by atoms with Gasteiger partial charge in [-0.25, -0.2) is 0 Å². The summed E-state index contributed by atoms with van der Waals surface area (Å²) in [6, 6.07) is 0.912. The Labute approximate surface area is 170 Å². The molecule has 2 saturated heterocycles. The van der Waals surface area contributed by atoms with Crippen LogP contribution in [0.3, 0.4) is 0 Å². The van der Waals surface area contributed by atoms with Crippen molar-refractivity contribution in [3.05, 3.63) is 0 Å². The van der Waals surface area contributed by atoms with E-state index < -0.39 is 0 Å². The number of guanidine groups is 1. The molecule has 25 heavy (non-hydrogen) atoms. The number of amides is 1. The van der Waals surface area contributed by atoms with Gasteiger partial charge in [-0.1, -0.05) is 20.8 Å². The monoisotopic (exact) mass is 465 g/mol. The van der Waals surface area contributed by atoms with E-state index in [0.29, 0.717) is 24.4 Å². The van der Waals surface area contributed by atoms with E-state index in [9.17, 15) is 4.79 Å². The number of nitrogens with one attached hydrogen (secondary N) is 2. The maximum Gasteiger partial charge on any atom is 0.222 e. The highest BCUT2D eigenvalue weighted by Crippen LogP contribution is 2.18. The summed E-state index contributed by atoms with van der Waals surface area (Å²) in [6.45, 7) is 11.5. The molecule has 0 aromatic heterocycles. The van der Waals surface area contributed by atoms with Crippen molar-refractivity contribution in [3.63, 3.8) is 0 Å². The molecule has 0 radical (unpaired) electrons. The lowest BCUT2D eigenvalue weighted by atomic mass is 10.1. The van der Waals surface area contributed by atoms with Gasteiger partial charge in [0.1, 0.15) is 0 Å². The van der Waals surface area contributed by atoms with Crippen LogP contribution in [0.4, 0.5) is 0 Å². The molecule has 2 aliphatic rings. The van der Waals surface area contributed by atoms with Crippen molar-refractivity contribution in [1.82, 2.24) is 20.4 Å². The highest BCUT2D eigenvalue weighted by molar-refractivity contribution is 14.0. The van der Waals surface area contributed by atoms with Gasteiger partial charge < -0.3 is 15.5 Å². The molecule has 2 N–H and O–H groups in total. The largest absolute Gasteiger partial charge is 0.355 e. The zero-order chi connectivity index (χ0) is 17.5. The first-order valence-corrected chi connectivity index (χ1v) is 9.52. The lowest BCUT2D eigenvalue weighted by molar-refractivity contribution is -0.129. The predicted molar refractivity (Wildman–Crippen MR) is 115 cm³/mol. The standard InChI is InChI=1S/C18H35N5O.HI/c1-5-17(24)23-10-8-15(13-23)21-18(19-4)20-11-16-7-6-9-22(16)12-14(2)3;/h14-16H,5-13H2,1-4H3,(H2,19,20,21);1H/t15?,16-;/m1./s1. The maximum atomic E-state index is 11.8. The molecule has 2 aliphatic heterocycles. The number of nitrogens with zero attached hydrogens (tertiary/aromatic N) is 3. The van der Waals surface area contributed by atoms with E-state index in [1.54, 1.807) is 0 Å². The van der Waals surface area contributed by atoms with E-state index >= 15 is 0 Å². The van der Waals surface area contributed by atoms with Crippen LogP contribution in [-0.4, -0.2) is 73.5 Å². The Kier molecular flexibility index (Phi) is 10.1. The Morgan fingerprint density at radius 3 is 2.68 bits per heavy atom. The molecule has 2 rings (SSSR count). The van der Waals surface area contributed by atoms with Gasteiger partial charge >= 0.3 is 0 Å². The van der Waals surface area contributed by atoms with E-state index in [0.717, 1.165) is 32.0 Å². The molecule has 6 nitrogen and oxygen atoms in total. The summed E-state index contributed by atoms with van der Waals surface area (Å²) in [5.74, 6) is 1.82. The average molecular weight is 465 g/mol. The molecule has 0 bridgehead atoms. The van der Waals surface area contributed by atoms with Crippen LogP contribution in [-0.2, 0) is 4.79 Å². The molecule has 2 fully saturated rings. The molecule has 2 atom stereocenters. The average Bonchev–Trinajstić information content (AvgIpc) is 3.19. The second kappa shape index (κ2) is 11.2. The zero-order valence-corrected chi connectivity index (χ0v) is 18.6. The minimum atomic E-state index is 0. The fourth-order valence-corrected chi connectivity index (χ4v) is 3.77. The maximum absolute atomic E-state index is 11.8.